The second kappa shape index (κ2) is 1.94. The molecule has 1 saturated carbocycles. The number of rotatable bonds is 0. The smallest absolute Gasteiger partial charge is 0.137 e. The summed E-state index contributed by atoms with van der Waals surface area (Å²) < 4.78 is 0. The van der Waals surface area contributed by atoms with Crippen LogP contribution >= 0.6 is 0 Å². The van der Waals surface area contributed by atoms with Crippen LogP contribution in [0.25, 0.3) is 0 Å². The fourth-order valence-electron chi connectivity index (χ4n) is 1.99. The molecule has 0 aromatic heterocycles. The van der Waals surface area contributed by atoms with Gasteiger partial charge in [0.15, 0.2) is 0 Å². The van der Waals surface area contributed by atoms with Gasteiger partial charge in [0.05, 0.1) is 0 Å². The van der Waals surface area contributed by atoms with E-state index in [-0.39, 0.29) is 0 Å². The van der Waals surface area contributed by atoms with E-state index in [1.54, 1.807) is 0 Å². The van der Waals surface area contributed by atoms with E-state index in [0.29, 0.717) is 17.6 Å². The maximum Gasteiger partial charge on any atom is 0.137 e. The van der Waals surface area contributed by atoms with Crippen molar-refractivity contribution in [2.45, 2.75) is 26.2 Å². The number of hydrogen-bond acceptors (Lipinski definition) is 1. The van der Waals surface area contributed by atoms with Crippen LogP contribution in [0.5, 0.6) is 0 Å². The Bertz CT molecular complexity index is 203. The average Bonchev–Trinajstić information content (AvgIpc) is 1.86. The summed E-state index contributed by atoms with van der Waals surface area (Å²) in [6, 6.07) is 0. The number of hydrogen-bond donors (Lipinski definition) is 0. The molecule has 0 bridgehead atoms. The van der Waals surface area contributed by atoms with E-state index in [9.17, 15) is 4.79 Å². The van der Waals surface area contributed by atoms with Crippen molar-refractivity contribution in [2.24, 2.45) is 11.8 Å². The molecule has 0 spiro atoms. The largest absolute Gasteiger partial charge is 0.299 e. The van der Waals surface area contributed by atoms with Gasteiger partial charge >= 0.3 is 0 Å². The summed E-state index contributed by atoms with van der Waals surface area (Å²) in [5.74, 6) is 1.54. The second-order valence-corrected chi connectivity index (χ2v) is 3.49. The standard InChI is InChI=1S/C9H12O/c1-6-2-3-8-7(4-6)5-9(8)10/h4,7-8H,2-3,5H2,1H3. The third kappa shape index (κ3) is 0.731. The molecule has 10 heavy (non-hydrogen) atoms. The zero-order valence-corrected chi connectivity index (χ0v) is 6.26. The lowest BCUT2D eigenvalue weighted by molar-refractivity contribution is -0.132. The van der Waals surface area contributed by atoms with E-state index in [1.807, 2.05) is 0 Å². The third-order valence-corrected chi connectivity index (χ3v) is 2.72. The van der Waals surface area contributed by atoms with Gasteiger partial charge in [0.2, 0.25) is 0 Å². The molecular weight excluding hydrogens is 124 g/mol. The Morgan fingerprint density at radius 1 is 1.60 bits per heavy atom. The van der Waals surface area contributed by atoms with Crippen LogP contribution in [0.4, 0.5) is 0 Å². The zero-order valence-electron chi connectivity index (χ0n) is 6.26. The van der Waals surface area contributed by atoms with Crippen LogP contribution in [-0.2, 0) is 4.79 Å². The van der Waals surface area contributed by atoms with Gasteiger partial charge < -0.3 is 0 Å². The summed E-state index contributed by atoms with van der Waals surface area (Å²) in [6.07, 6.45) is 5.37. The van der Waals surface area contributed by atoms with Crippen molar-refractivity contribution in [3.63, 3.8) is 0 Å². The quantitative estimate of drug-likeness (QED) is 0.465. The summed E-state index contributed by atoms with van der Waals surface area (Å²) in [4.78, 5) is 10.9. The molecule has 0 aromatic carbocycles. The summed E-state index contributed by atoms with van der Waals surface area (Å²) in [5, 5.41) is 0. The van der Waals surface area contributed by atoms with Crippen LogP contribution in [-0.4, -0.2) is 5.78 Å². The van der Waals surface area contributed by atoms with E-state index in [1.165, 1.54) is 5.57 Å². The second-order valence-electron chi connectivity index (χ2n) is 3.49. The predicted molar refractivity (Wildman–Crippen MR) is 39.6 cm³/mol. The highest BCUT2D eigenvalue weighted by Crippen LogP contribution is 2.40. The fourth-order valence-corrected chi connectivity index (χ4v) is 1.99. The highest BCUT2D eigenvalue weighted by atomic mass is 16.1. The Balaban J connectivity index is 2.15. The van der Waals surface area contributed by atoms with Crippen LogP contribution in [0.2, 0.25) is 0 Å². The van der Waals surface area contributed by atoms with Crippen LogP contribution in [0.1, 0.15) is 26.2 Å². The first-order valence-corrected chi connectivity index (χ1v) is 3.97. The normalized spacial score (nSPS) is 38.1. The van der Waals surface area contributed by atoms with Crippen LogP contribution in [0.3, 0.4) is 0 Å². The Morgan fingerprint density at radius 2 is 2.40 bits per heavy atom. The van der Waals surface area contributed by atoms with Crippen molar-refractivity contribution in [1.29, 1.82) is 0 Å². The lowest BCUT2D eigenvalue weighted by Crippen LogP contribution is -2.37. The maximum atomic E-state index is 10.9. The van der Waals surface area contributed by atoms with E-state index in [0.717, 1.165) is 19.3 Å². The number of carbonyl (C=O) groups is 1. The Hall–Kier alpha value is -0.590. The van der Waals surface area contributed by atoms with E-state index < -0.39 is 0 Å². The number of allylic oxidation sites excluding steroid dienone is 2. The Morgan fingerprint density at radius 3 is 3.00 bits per heavy atom. The first-order chi connectivity index (χ1) is 4.77. The fraction of sp³-hybridized carbons (Fsp3) is 0.667. The minimum atomic E-state index is 0.420. The molecule has 0 N–H and O–H groups in total. The lowest BCUT2D eigenvalue weighted by atomic mass is 9.66. The molecule has 0 saturated heterocycles. The van der Waals surface area contributed by atoms with Crippen molar-refractivity contribution in [1.82, 2.24) is 0 Å². The molecule has 1 fully saturated rings. The van der Waals surface area contributed by atoms with Gasteiger partial charge in [-0.3, -0.25) is 4.79 Å². The molecule has 2 aliphatic rings. The van der Waals surface area contributed by atoms with Crippen LogP contribution in [0.15, 0.2) is 11.6 Å². The van der Waals surface area contributed by atoms with Crippen molar-refractivity contribution in [3.8, 4) is 0 Å². The number of carbonyl (C=O) groups excluding carboxylic acids is 1. The lowest BCUT2D eigenvalue weighted by Gasteiger charge is -2.36. The molecule has 0 heterocycles. The van der Waals surface area contributed by atoms with Gasteiger partial charge in [-0.1, -0.05) is 11.6 Å². The van der Waals surface area contributed by atoms with Gasteiger partial charge in [-0.2, -0.15) is 0 Å². The van der Waals surface area contributed by atoms with Gasteiger partial charge in [0.25, 0.3) is 0 Å². The van der Waals surface area contributed by atoms with Gasteiger partial charge in [-0.05, 0) is 25.7 Å². The van der Waals surface area contributed by atoms with Crippen molar-refractivity contribution >= 4 is 5.78 Å². The summed E-state index contributed by atoms with van der Waals surface area (Å²) in [7, 11) is 0. The SMILES string of the molecule is CC1=CC2CC(=O)C2CC1. The minimum Gasteiger partial charge on any atom is -0.299 e. The molecule has 1 nitrogen and oxygen atoms in total. The van der Waals surface area contributed by atoms with Crippen LogP contribution in [0, 0.1) is 11.8 Å². The first kappa shape index (κ1) is 6.14. The minimum absolute atomic E-state index is 0.420. The summed E-state index contributed by atoms with van der Waals surface area (Å²) in [6.45, 7) is 2.17. The number of Topliss-reactive ketones (excluding diaryl/α,β-unsaturated/α-hetero) is 1. The Kier molecular flexibility index (Phi) is 1.19. The number of ketones is 1. The summed E-state index contributed by atoms with van der Waals surface area (Å²) >= 11 is 0. The van der Waals surface area contributed by atoms with E-state index in [2.05, 4.69) is 13.0 Å². The van der Waals surface area contributed by atoms with E-state index >= 15 is 0 Å². The molecule has 2 atom stereocenters. The number of fused-ring (bicyclic) bond motifs is 1. The highest BCUT2D eigenvalue weighted by molar-refractivity contribution is 5.88. The topological polar surface area (TPSA) is 17.1 Å². The summed E-state index contributed by atoms with van der Waals surface area (Å²) in [5.41, 5.74) is 1.48. The van der Waals surface area contributed by atoms with Gasteiger partial charge in [-0.25, -0.2) is 0 Å². The van der Waals surface area contributed by atoms with E-state index in [4.69, 9.17) is 0 Å². The molecule has 2 aliphatic carbocycles. The van der Waals surface area contributed by atoms with Crippen molar-refractivity contribution in [3.05, 3.63) is 11.6 Å². The van der Waals surface area contributed by atoms with Crippen molar-refractivity contribution < 1.29 is 4.79 Å². The molecule has 2 unspecified atom stereocenters. The molecule has 2 rings (SSSR count). The monoisotopic (exact) mass is 136 g/mol. The van der Waals surface area contributed by atoms with Crippen LogP contribution < -0.4 is 0 Å². The average molecular weight is 136 g/mol. The molecule has 0 aliphatic heterocycles. The molecular formula is C9H12O. The molecule has 0 amide bonds. The van der Waals surface area contributed by atoms with Crippen molar-refractivity contribution in [2.75, 3.05) is 0 Å². The first-order valence-electron chi connectivity index (χ1n) is 3.97. The zero-order chi connectivity index (χ0) is 7.14. The maximum absolute atomic E-state index is 10.9. The molecule has 0 aromatic rings. The highest BCUT2D eigenvalue weighted by Gasteiger charge is 2.39. The molecule has 1 heteroatoms. The van der Waals surface area contributed by atoms with Gasteiger partial charge in [0, 0.05) is 12.3 Å². The Labute approximate surface area is 61.1 Å². The molecule has 54 valence electrons. The van der Waals surface area contributed by atoms with Gasteiger partial charge in [-0.15, -0.1) is 0 Å². The van der Waals surface area contributed by atoms with Gasteiger partial charge in [0.1, 0.15) is 5.78 Å². The predicted octanol–water partition coefficient (Wildman–Crippen LogP) is 1.93. The molecule has 0 radical (unpaired) electrons. The third-order valence-electron chi connectivity index (χ3n) is 2.72.